The first-order valence-corrected chi connectivity index (χ1v) is 11.7. The van der Waals surface area contributed by atoms with Crippen molar-refractivity contribution in [1.29, 1.82) is 0 Å². The van der Waals surface area contributed by atoms with Crippen molar-refractivity contribution in [2.24, 2.45) is 16.1 Å². The first-order valence-electron chi connectivity index (χ1n) is 11.7. The zero-order valence-electron chi connectivity index (χ0n) is 19.7. The van der Waals surface area contributed by atoms with Gasteiger partial charge in [0.15, 0.2) is 0 Å². The number of rotatable bonds is 10. The summed E-state index contributed by atoms with van der Waals surface area (Å²) in [5.74, 6) is 1.40. The fourth-order valence-electron chi connectivity index (χ4n) is 3.82. The molecule has 0 radical (unpaired) electrons. The molecule has 31 heavy (non-hydrogen) atoms. The Kier molecular flexibility index (Phi) is 10.8. The van der Waals surface area contributed by atoms with Crippen LogP contribution in [-0.4, -0.2) is 24.7 Å². The lowest BCUT2D eigenvalue weighted by Crippen LogP contribution is -2.33. The van der Waals surface area contributed by atoms with E-state index < -0.39 is 0 Å². The molecule has 168 valence electrons. The van der Waals surface area contributed by atoms with Crippen molar-refractivity contribution in [3.8, 4) is 0 Å². The summed E-state index contributed by atoms with van der Waals surface area (Å²) in [5.41, 5.74) is 3.75. The predicted octanol–water partition coefficient (Wildman–Crippen LogP) is 6.81. The summed E-state index contributed by atoms with van der Waals surface area (Å²) in [6, 6.07) is 10.6. The number of nitrogens with zero attached hydrogens (tertiary/aromatic N) is 2. The lowest BCUT2D eigenvalue weighted by Gasteiger charge is -2.24. The Bertz CT molecular complexity index is 799. The standard InChI is InChI=1S/C27H39N3O/c1-6-15-24(26(30-31-5)22-17-11-9-12-18-22)25(16-7-2)29-27(21(4)8-3)28-23-19-13-10-14-20-23/h7,9,11-12,15-18,21,23H,2,6,8,10,13-14,19-20H2,1,3-5H3,(H,28,29)/b24-15+,25-16-,30-26-. The van der Waals surface area contributed by atoms with Gasteiger partial charge in [-0.2, -0.15) is 0 Å². The van der Waals surface area contributed by atoms with Gasteiger partial charge < -0.3 is 10.2 Å². The highest BCUT2D eigenvalue weighted by atomic mass is 16.6. The Morgan fingerprint density at radius 1 is 1.19 bits per heavy atom. The summed E-state index contributed by atoms with van der Waals surface area (Å²) >= 11 is 0. The van der Waals surface area contributed by atoms with Crippen molar-refractivity contribution in [2.45, 2.75) is 71.8 Å². The molecule has 0 saturated heterocycles. The molecule has 1 atom stereocenters. The molecule has 2 rings (SSSR count). The first kappa shape index (κ1) is 24.6. The molecule has 0 aromatic heterocycles. The van der Waals surface area contributed by atoms with Crippen LogP contribution in [0.2, 0.25) is 0 Å². The highest BCUT2D eigenvalue weighted by Gasteiger charge is 2.20. The smallest absolute Gasteiger partial charge is 0.119 e. The van der Waals surface area contributed by atoms with E-state index in [1.54, 1.807) is 7.11 Å². The average molecular weight is 422 g/mol. The Morgan fingerprint density at radius 2 is 1.90 bits per heavy atom. The lowest BCUT2D eigenvalue weighted by molar-refractivity contribution is 0.214. The van der Waals surface area contributed by atoms with E-state index in [0.717, 1.165) is 41.2 Å². The van der Waals surface area contributed by atoms with Crippen molar-refractivity contribution < 1.29 is 4.84 Å². The number of benzene rings is 1. The van der Waals surface area contributed by atoms with E-state index in [9.17, 15) is 0 Å². The van der Waals surface area contributed by atoms with E-state index in [1.165, 1.54) is 32.1 Å². The van der Waals surface area contributed by atoms with Gasteiger partial charge in [-0.15, -0.1) is 0 Å². The first-order chi connectivity index (χ1) is 15.1. The Labute approximate surface area is 188 Å². The van der Waals surface area contributed by atoms with Crippen LogP contribution in [0.3, 0.4) is 0 Å². The third-order valence-electron chi connectivity index (χ3n) is 5.71. The van der Waals surface area contributed by atoms with Crippen molar-refractivity contribution in [3.05, 3.63) is 72.0 Å². The molecule has 0 heterocycles. The minimum absolute atomic E-state index is 0.345. The van der Waals surface area contributed by atoms with Crippen LogP contribution in [0.4, 0.5) is 0 Å². The van der Waals surface area contributed by atoms with E-state index in [1.807, 2.05) is 30.4 Å². The van der Waals surface area contributed by atoms with E-state index >= 15 is 0 Å². The molecule has 1 aromatic rings. The van der Waals surface area contributed by atoms with Gasteiger partial charge in [-0.25, -0.2) is 0 Å². The second kappa shape index (κ2) is 13.6. The topological polar surface area (TPSA) is 46.0 Å². The number of oxime groups is 1. The molecule has 1 aliphatic carbocycles. The van der Waals surface area contributed by atoms with Crippen LogP contribution in [0.1, 0.15) is 71.3 Å². The van der Waals surface area contributed by atoms with Crippen LogP contribution in [0.25, 0.3) is 0 Å². The van der Waals surface area contributed by atoms with Gasteiger partial charge >= 0.3 is 0 Å². The van der Waals surface area contributed by atoms with Crippen LogP contribution in [0.15, 0.2) is 76.6 Å². The third kappa shape index (κ3) is 7.54. The highest BCUT2D eigenvalue weighted by Crippen LogP contribution is 2.23. The van der Waals surface area contributed by atoms with Gasteiger partial charge in [0.25, 0.3) is 0 Å². The van der Waals surface area contributed by atoms with Crippen LogP contribution >= 0.6 is 0 Å². The molecule has 4 nitrogen and oxygen atoms in total. The van der Waals surface area contributed by atoms with Gasteiger partial charge in [0, 0.05) is 22.8 Å². The number of allylic oxidation sites excluding steroid dienone is 4. The van der Waals surface area contributed by atoms with Gasteiger partial charge in [0.2, 0.25) is 0 Å². The molecular formula is C27H39N3O. The number of aliphatic imine (C=N–C) groups is 1. The van der Waals surface area contributed by atoms with Crippen molar-refractivity contribution >= 4 is 11.5 Å². The average Bonchev–Trinajstić information content (AvgIpc) is 2.81. The Morgan fingerprint density at radius 3 is 2.48 bits per heavy atom. The van der Waals surface area contributed by atoms with Gasteiger partial charge in [0.05, 0.1) is 6.04 Å². The van der Waals surface area contributed by atoms with Gasteiger partial charge in [0.1, 0.15) is 18.7 Å². The molecule has 1 aliphatic rings. The third-order valence-corrected chi connectivity index (χ3v) is 5.71. The zero-order valence-corrected chi connectivity index (χ0v) is 19.7. The molecule has 0 spiro atoms. The molecule has 1 N–H and O–H groups in total. The maximum atomic E-state index is 5.25. The molecule has 0 aliphatic heterocycles. The summed E-state index contributed by atoms with van der Waals surface area (Å²) in [7, 11) is 1.59. The van der Waals surface area contributed by atoms with Gasteiger partial charge in [-0.1, -0.05) is 94.3 Å². The number of hydrogen-bond acceptors (Lipinski definition) is 3. The van der Waals surface area contributed by atoms with Crippen molar-refractivity contribution in [3.63, 3.8) is 0 Å². The summed E-state index contributed by atoms with van der Waals surface area (Å²) in [6.07, 6.45) is 14.2. The summed E-state index contributed by atoms with van der Waals surface area (Å²) in [4.78, 5) is 10.4. The number of nitrogens with one attached hydrogen (secondary N) is 1. The largest absolute Gasteiger partial charge is 0.399 e. The highest BCUT2D eigenvalue weighted by molar-refractivity contribution is 6.15. The molecule has 1 aromatic carbocycles. The SMILES string of the molecule is C=C/C=C(NC(=NC1CCCCC1)C(C)CC)/C(=C\CC)C(=N\OC)/c1ccccc1. The Hall–Kier alpha value is -2.62. The maximum Gasteiger partial charge on any atom is 0.119 e. The summed E-state index contributed by atoms with van der Waals surface area (Å²) < 4.78 is 0. The van der Waals surface area contributed by atoms with Crippen LogP contribution in [0.5, 0.6) is 0 Å². The van der Waals surface area contributed by atoms with E-state index in [2.05, 4.69) is 56.0 Å². The summed E-state index contributed by atoms with van der Waals surface area (Å²) in [5, 5.41) is 8.08. The Balaban J connectivity index is 2.46. The number of hydrogen-bond donors (Lipinski definition) is 1. The fourth-order valence-corrected chi connectivity index (χ4v) is 3.82. The molecule has 1 unspecified atom stereocenters. The fraction of sp³-hybridized carbons (Fsp3) is 0.481. The van der Waals surface area contributed by atoms with Gasteiger partial charge in [-0.05, 0) is 31.8 Å². The minimum Gasteiger partial charge on any atom is -0.399 e. The molecular weight excluding hydrogens is 382 g/mol. The monoisotopic (exact) mass is 421 g/mol. The second-order valence-electron chi connectivity index (χ2n) is 8.07. The maximum absolute atomic E-state index is 5.25. The van der Waals surface area contributed by atoms with Crippen LogP contribution < -0.4 is 5.32 Å². The van der Waals surface area contributed by atoms with Crippen LogP contribution in [0, 0.1) is 5.92 Å². The van der Waals surface area contributed by atoms with E-state index in [4.69, 9.17) is 9.83 Å². The molecule has 0 bridgehead atoms. The van der Waals surface area contributed by atoms with Crippen molar-refractivity contribution in [1.82, 2.24) is 5.32 Å². The van der Waals surface area contributed by atoms with E-state index in [-0.39, 0.29) is 0 Å². The number of amidine groups is 1. The van der Waals surface area contributed by atoms with Crippen molar-refractivity contribution in [2.75, 3.05) is 7.11 Å². The van der Waals surface area contributed by atoms with E-state index in [0.29, 0.717) is 12.0 Å². The van der Waals surface area contributed by atoms with Crippen LogP contribution in [-0.2, 0) is 4.84 Å². The quantitative estimate of drug-likeness (QED) is 0.195. The minimum atomic E-state index is 0.345. The molecule has 0 amide bonds. The van der Waals surface area contributed by atoms with Gasteiger partial charge in [-0.3, -0.25) is 4.99 Å². The normalized spacial score (nSPS) is 17.9. The molecule has 1 saturated carbocycles. The molecule has 4 heteroatoms. The molecule has 1 fully saturated rings. The second-order valence-corrected chi connectivity index (χ2v) is 8.07. The summed E-state index contributed by atoms with van der Waals surface area (Å²) in [6.45, 7) is 10.5. The lowest BCUT2D eigenvalue weighted by atomic mass is 9.95. The predicted molar refractivity (Wildman–Crippen MR) is 134 cm³/mol. The zero-order chi connectivity index (χ0) is 22.5.